The molecule has 1 heterocycles. The van der Waals surface area contributed by atoms with Crippen LogP contribution in [0, 0.1) is 0 Å². The lowest BCUT2D eigenvalue weighted by molar-refractivity contribution is -0.137. The van der Waals surface area contributed by atoms with Gasteiger partial charge in [0.25, 0.3) is 6.01 Å². The van der Waals surface area contributed by atoms with Crippen LogP contribution in [0.4, 0.5) is 11.7 Å². The summed E-state index contributed by atoms with van der Waals surface area (Å²) in [5, 5.41) is 22.7. The number of likely N-dealkylation sites (N-methyl/N-ethyl adjacent to an activating group) is 1. The molecule has 0 fully saturated rings. The number of nitrogens with zero attached hydrogens (tertiary/aromatic N) is 2. The molecule has 0 saturated heterocycles. The Hall–Kier alpha value is -5.31. The molecule has 0 spiro atoms. The number of carbonyl (C=O) groups is 2. The number of oxazole rings is 1. The summed E-state index contributed by atoms with van der Waals surface area (Å²) >= 11 is 0. The first-order valence-corrected chi connectivity index (χ1v) is 13.1. The zero-order valence-corrected chi connectivity index (χ0v) is 22.4. The van der Waals surface area contributed by atoms with Gasteiger partial charge < -0.3 is 29.6 Å². The highest BCUT2D eigenvalue weighted by molar-refractivity contribution is 6.12. The third kappa shape index (κ3) is 6.65. The van der Waals surface area contributed by atoms with Crippen molar-refractivity contribution in [3.8, 4) is 11.5 Å². The smallest absolute Gasteiger partial charge is 0.326 e. The van der Waals surface area contributed by atoms with E-state index in [4.69, 9.17) is 9.15 Å². The number of hydrogen-bond acceptors (Lipinski definition) is 8. The minimum absolute atomic E-state index is 0.0210. The summed E-state index contributed by atoms with van der Waals surface area (Å²) in [5.74, 6) is -0.738. The number of benzene rings is 4. The zero-order valence-electron chi connectivity index (χ0n) is 22.4. The predicted molar refractivity (Wildman–Crippen MR) is 156 cm³/mol. The van der Waals surface area contributed by atoms with Gasteiger partial charge in [-0.25, -0.2) is 4.79 Å². The van der Waals surface area contributed by atoms with Crippen LogP contribution in [0.5, 0.6) is 11.5 Å². The molecule has 0 saturated carbocycles. The average molecular weight is 552 g/mol. The summed E-state index contributed by atoms with van der Waals surface area (Å²) < 4.78 is 11.6. The van der Waals surface area contributed by atoms with Crippen LogP contribution < -0.4 is 15.0 Å². The van der Waals surface area contributed by atoms with Crippen LogP contribution in [-0.4, -0.2) is 53.2 Å². The van der Waals surface area contributed by atoms with E-state index in [0.717, 1.165) is 16.7 Å². The second kappa shape index (κ2) is 12.3. The lowest BCUT2D eigenvalue weighted by atomic mass is 10.00. The van der Waals surface area contributed by atoms with Crippen molar-refractivity contribution in [2.24, 2.45) is 0 Å². The summed E-state index contributed by atoms with van der Waals surface area (Å²) in [7, 11) is 1.88. The summed E-state index contributed by atoms with van der Waals surface area (Å²) in [4.78, 5) is 31.6. The molecule has 208 valence electrons. The number of nitrogens with one attached hydrogen (secondary N) is 1. The minimum Gasteiger partial charge on any atom is -0.508 e. The van der Waals surface area contributed by atoms with Crippen LogP contribution in [0.15, 0.2) is 101 Å². The normalized spacial score (nSPS) is 11.6. The van der Waals surface area contributed by atoms with Gasteiger partial charge in [0, 0.05) is 30.3 Å². The lowest BCUT2D eigenvalue weighted by Crippen LogP contribution is -2.32. The van der Waals surface area contributed by atoms with Gasteiger partial charge in [0.05, 0.1) is 6.54 Å². The largest absolute Gasteiger partial charge is 0.508 e. The van der Waals surface area contributed by atoms with E-state index >= 15 is 0 Å². The van der Waals surface area contributed by atoms with Gasteiger partial charge in [-0.1, -0.05) is 48.5 Å². The van der Waals surface area contributed by atoms with Crippen molar-refractivity contribution in [1.82, 2.24) is 4.98 Å². The first kappa shape index (κ1) is 27.3. The van der Waals surface area contributed by atoms with Crippen LogP contribution in [0.1, 0.15) is 21.5 Å². The quantitative estimate of drug-likeness (QED) is 0.175. The molecule has 1 atom stereocenters. The highest BCUT2D eigenvalue weighted by atomic mass is 16.5. The van der Waals surface area contributed by atoms with Gasteiger partial charge in [-0.05, 0) is 54.1 Å². The number of carboxylic acid groups (broad SMARTS) is 1. The van der Waals surface area contributed by atoms with Crippen molar-refractivity contribution in [2.75, 3.05) is 30.4 Å². The molecule has 41 heavy (non-hydrogen) atoms. The van der Waals surface area contributed by atoms with Crippen molar-refractivity contribution < 1.29 is 29.0 Å². The molecule has 0 bridgehead atoms. The Labute approximate surface area is 236 Å². The van der Waals surface area contributed by atoms with E-state index in [9.17, 15) is 19.8 Å². The van der Waals surface area contributed by atoms with Gasteiger partial charge >= 0.3 is 5.97 Å². The molecule has 9 heteroatoms. The van der Waals surface area contributed by atoms with E-state index in [-0.39, 0.29) is 18.0 Å². The number of ketones is 1. The fraction of sp³-hybridized carbons (Fsp3) is 0.156. The van der Waals surface area contributed by atoms with Crippen LogP contribution in [0.25, 0.3) is 11.1 Å². The van der Waals surface area contributed by atoms with E-state index in [1.54, 1.807) is 48.5 Å². The maximum absolute atomic E-state index is 13.1. The summed E-state index contributed by atoms with van der Waals surface area (Å²) in [6, 6.07) is 27.1. The molecular formula is C32H29N3O6. The maximum Gasteiger partial charge on any atom is 0.326 e. The van der Waals surface area contributed by atoms with E-state index < -0.39 is 12.0 Å². The zero-order chi connectivity index (χ0) is 28.8. The Kier molecular flexibility index (Phi) is 8.15. The number of anilines is 2. The second-order valence-corrected chi connectivity index (χ2v) is 9.54. The number of phenolic OH excluding ortho intramolecular Hbond substituents is 1. The first-order valence-electron chi connectivity index (χ1n) is 13.1. The van der Waals surface area contributed by atoms with Gasteiger partial charge in [0.1, 0.15) is 29.7 Å². The number of carboxylic acids is 1. The SMILES string of the molecule is CN(CCOc1ccc(CC(Nc2ccccc2C(=O)c2cccc(O)c2)C(=O)O)cc1)c1nc2ccccc2o1. The summed E-state index contributed by atoms with van der Waals surface area (Å²) in [6.07, 6.45) is 0.185. The summed E-state index contributed by atoms with van der Waals surface area (Å²) in [6.45, 7) is 0.957. The van der Waals surface area contributed by atoms with Gasteiger partial charge in [0.2, 0.25) is 0 Å². The molecular weight excluding hydrogens is 522 g/mol. The van der Waals surface area contributed by atoms with Crippen molar-refractivity contribution in [2.45, 2.75) is 12.5 Å². The fourth-order valence-electron chi connectivity index (χ4n) is 4.37. The molecule has 0 radical (unpaired) electrons. The van der Waals surface area contributed by atoms with Crippen LogP contribution in [-0.2, 0) is 11.2 Å². The molecule has 5 rings (SSSR count). The molecule has 0 amide bonds. The molecule has 0 aliphatic rings. The average Bonchev–Trinajstić information content (AvgIpc) is 3.42. The highest BCUT2D eigenvalue weighted by Gasteiger charge is 2.21. The number of aromatic hydroxyl groups is 1. The monoisotopic (exact) mass is 551 g/mol. The standard InChI is InChI=1S/C32H29N3O6/c1-35(32-34-27-11-4-5-12-29(27)41-32)17-18-40-24-15-13-21(14-16-24)19-28(31(38)39)33-26-10-3-2-9-25(26)30(37)22-7-6-8-23(36)20-22/h2-16,20,28,33,36H,17-19H2,1H3,(H,38,39). The fourth-order valence-corrected chi connectivity index (χ4v) is 4.37. The van der Waals surface area contributed by atoms with Gasteiger partial charge in [-0.3, -0.25) is 4.79 Å². The Balaban J connectivity index is 1.19. The second-order valence-electron chi connectivity index (χ2n) is 9.54. The molecule has 1 unspecified atom stereocenters. The molecule has 3 N–H and O–H groups in total. The molecule has 0 aliphatic heterocycles. The lowest BCUT2D eigenvalue weighted by Gasteiger charge is -2.19. The Morgan fingerprint density at radius 1 is 0.976 bits per heavy atom. The predicted octanol–water partition coefficient (Wildman–Crippen LogP) is 5.39. The number of hydrogen-bond donors (Lipinski definition) is 3. The Bertz CT molecular complexity index is 1630. The number of ether oxygens (including phenoxy) is 1. The van der Waals surface area contributed by atoms with E-state index in [1.165, 1.54) is 12.1 Å². The third-order valence-corrected chi connectivity index (χ3v) is 6.58. The minimum atomic E-state index is -1.05. The molecule has 0 aliphatic carbocycles. The van der Waals surface area contributed by atoms with E-state index in [1.807, 2.05) is 48.3 Å². The van der Waals surface area contributed by atoms with Crippen LogP contribution in [0.3, 0.4) is 0 Å². The van der Waals surface area contributed by atoms with E-state index in [0.29, 0.717) is 41.7 Å². The molecule has 4 aromatic carbocycles. The number of phenols is 1. The maximum atomic E-state index is 13.1. The topological polar surface area (TPSA) is 125 Å². The van der Waals surface area contributed by atoms with Crippen molar-refractivity contribution in [3.05, 3.63) is 114 Å². The van der Waals surface area contributed by atoms with Crippen LogP contribution in [0.2, 0.25) is 0 Å². The van der Waals surface area contributed by atoms with Gasteiger partial charge in [0.15, 0.2) is 11.4 Å². The van der Waals surface area contributed by atoms with Gasteiger partial charge in [-0.15, -0.1) is 0 Å². The molecule has 5 aromatic rings. The third-order valence-electron chi connectivity index (χ3n) is 6.58. The Morgan fingerprint density at radius 2 is 1.73 bits per heavy atom. The van der Waals surface area contributed by atoms with E-state index in [2.05, 4.69) is 10.3 Å². The van der Waals surface area contributed by atoms with Gasteiger partial charge in [-0.2, -0.15) is 4.98 Å². The number of rotatable bonds is 12. The number of aromatic nitrogens is 1. The van der Waals surface area contributed by atoms with Crippen molar-refractivity contribution >= 4 is 34.6 Å². The number of para-hydroxylation sites is 3. The molecule has 1 aromatic heterocycles. The molecule has 9 nitrogen and oxygen atoms in total. The summed E-state index contributed by atoms with van der Waals surface area (Å²) in [5.41, 5.74) is 3.34. The Morgan fingerprint density at radius 3 is 2.49 bits per heavy atom. The number of aliphatic carboxylic acids is 1. The van der Waals surface area contributed by atoms with Crippen molar-refractivity contribution in [1.29, 1.82) is 0 Å². The number of carbonyl (C=O) groups excluding carboxylic acids is 1. The van der Waals surface area contributed by atoms with Crippen molar-refractivity contribution in [3.63, 3.8) is 0 Å². The number of fused-ring (bicyclic) bond motifs is 1. The first-order chi connectivity index (χ1) is 19.9. The van der Waals surface area contributed by atoms with Crippen LogP contribution >= 0.6 is 0 Å². The highest BCUT2D eigenvalue weighted by Crippen LogP contribution is 2.24.